The lowest BCUT2D eigenvalue weighted by atomic mass is 10.1. The van der Waals surface area contributed by atoms with Crippen LogP contribution in [0.2, 0.25) is 0 Å². The highest BCUT2D eigenvalue weighted by molar-refractivity contribution is 5.24. The maximum atomic E-state index is 12.5. The average molecular weight is 168 g/mol. The van der Waals surface area contributed by atoms with E-state index in [1.54, 1.807) is 0 Å². The number of halogens is 2. The summed E-state index contributed by atoms with van der Waals surface area (Å²) in [5.41, 5.74) is 0.177. The van der Waals surface area contributed by atoms with Gasteiger partial charge in [0.05, 0.1) is 0 Å². The van der Waals surface area contributed by atoms with Crippen molar-refractivity contribution in [1.82, 2.24) is 0 Å². The lowest BCUT2D eigenvalue weighted by Gasteiger charge is -2.02. The molecule has 1 N–H and O–H groups in total. The Kier molecular flexibility index (Phi) is 2.41. The highest BCUT2D eigenvalue weighted by Gasteiger charge is 2.07. The quantitative estimate of drug-likeness (QED) is 0.632. The smallest absolute Gasteiger partial charge is 0.159 e. The molecule has 12 heavy (non-hydrogen) atoms. The maximum Gasteiger partial charge on any atom is 0.159 e. The third kappa shape index (κ3) is 1.60. The van der Waals surface area contributed by atoms with Crippen molar-refractivity contribution in [3.63, 3.8) is 0 Å². The maximum absolute atomic E-state index is 12.5. The fraction of sp³-hybridized carbons (Fsp3) is 0.111. The van der Waals surface area contributed by atoms with Crippen LogP contribution in [0.1, 0.15) is 11.7 Å². The first-order valence-electron chi connectivity index (χ1n) is 3.24. The van der Waals surface area contributed by atoms with E-state index in [9.17, 15) is 8.78 Å². The van der Waals surface area contributed by atoms with Crippen molar-refractivity contribution >= 4 is 0 Å². The van der Waals surface area contributed by atoms with Crippen LogP contribution in [0.4, 0.5) is 8.78 Å². The van der Waals surface area contributed by atoms with E-state index in [0.29, 0.717) is 0 Å². The molecular weight excluding hydrogens is 162 g/mol. The van der Waals surface area contributed by atoms with Crippen LogP contribution in [-0.4, -0.2) is 5.11 Å². The Bertz CT molecular complexity index is 328. The predicted octanol–water partition coefficient (Wildman–Crippen LogP) is 1.63. The minimum Gasteiger partial charge on any atom is -0.376 e. The van der Waals surface area contributed by atoms with Crippen molar-refractivity contribution in [2.24, 2.45) is 0 Å². The summed E-state index contributed by atoms with van der Waals surface area (Å²) in [5.74, 6) is 0.0265. The Morgan fingerprint density at radius 3 is 2.50 bits per heavy atom. The van der Waals surface area contributed by atoms with Crippen LogP contribution in [0.25, 0.3) is 0 Å². The molecule has 1 aromatic carbocycles. The number of benzene rings is 1. The van der Waals surface area contributed by atoms with Gasteiger partial charge in [0.2, 0.25) is 0 Å². The van der Waals surface area contributed by atoms with Crippen molar-refractivity contribution in [3.8, 4) is 12.3 Å². The summed E-state index contributed by atoms with van der Waals surface area (Å²) < 4.78 is 24.9. The lowest BCUT2D eigenvalue weighted by molar-refractivity contribution is 0.237. The first kappa shape index (κ1) is 8.69. The Morgan fingerprint density at radius 2 is 2.00 bits per heavy atom. The van der Waals surface area contributed by atoms with Gasteiger partial charge in [-0.15, -0.1) is 6.42 Å². The van der Waals surface area contributed by atoms with Crippen molar-refractivity contribution in [2.75, 3.05) is 0 Å². The van der Waals surface area contributed by atoms with E-state index in [0.717, 1.165) is 12.1 Å². The van der Waals surface area contributed by atoms with Crippen LogP contribution in [0, 0.1) is 24.0 Å². The average Bonchev–Trinajstić information content (AvgIpc) is 2.08. The second-order valence-corrected chi connectivity index (χ2v) is 2.24. The van der Waals surface area contributed by atoms with Crippen LogP contribution in [0.3, 0.4) is 0 Å². The first-order chi connectivity index (χ1) is 5.65. The highest BCUT2D eigenvalue weighted by atomic mass is 19.2. The largest absolute Gasteiger partial charge is 0.376 e. The molecule has 3 heteroatoms. The van der Waals surface area contributed by atoms with Gasteiger partial charge in [-0.3, -0.25) is 0 Å². The molecule has 0 fully saturated rings. The van der Waals surface area contributed by atoms with Gasteiger partial charge in [0.15, 0.2) is 11.6 Å². The summed E-state index contributed by atoms with van der Waals surface area (Å²) >= 11 is 0. The number of aliphatic hydroxyl groups is 1. The van der Waals surface area contributed by atoms with Crippen LogP contribution in [0.15, 0.2) is 18.2 Å². The van der Waals surface area contributed by atoms with E-state index < -0.39 is 17.7 Å². The summed E-state index contributed by atoms with van der Waals surface area (Å²) in [7, 11) is 0. The number of hydrogen-bond donors (Lipinski definition) is 1. The normalized spacial score (nSPS) is 12.2. The molecule has 0 amide bonds. The molecule has 0 saturated heterocycles. The van der Waals surface area contributed by atoms with Crippen LogP contribution in [-0.2, 0) is 0 Å². The second kappa shape index (κ2) is 3.33. The third-order valence-corrected chi connectivity index (χ3v) is 1.42. The fourth-order valence-electron chi connectivity index (χ4n) is 0.779. The summed E-state index contributed by atoms with van der Waals surface area (Å²) in [6.45, 7) is 0. The molecule has 62 valence electrons. The van der Waals surface area contributed by atoms with Gasteiger partial charge in [-0.2, -0.15) is 0 Å². The summed E-state index contributed by atoms with van der Waals surface area (Å²) in [5, 5.41) is 9.02. The Balaban J connectivity index is 3.06. The molecule has 0 aliphatic carbocycles. The molecule has 0 spiro atoms. The number of terminal acetylenes is 1. The van der Waals surface area contributed by atoms with Crippen molar-refractivity contribution in [2.45, 2.75) is 6.10 Å². The zero-order valence-electron chi connectivity index (χ0n) is 6.09. The second-order valence-electron chi connectivity index (χ2n) is 2.24. The lowest BCUT2D eigenvalue weighted by Crippen LogP contribution is -1.95. The molecule has 0 aliphatic rings. The SMILES string of the molecule is C#C[C@H](O)c1ccc(F)c(F)c1. The number of hydrogen-bond acceptors (Lipinski definition) is 1. The van der Waals surface area contributed by atoms with Gasteiger partial charge < -0.3 is 5.11 Å². The summed E-state index contributed by atoms with van der Waals surface area (Å²) in [4.78, 5) is 0. The molecule has 1 nitrogen and oxygen atoms in total. The number of aliphatic hydroxyl groups excluding tert-OH is 1. The standard InChI is InChI=1S/C9H6F2O/c1-2-9(12)6-3-4-7(10)8(11)5-6/h1,3-5,9,12H/t9-/m0/s1. The molecule has 1 atom stereocenters. The first-order valence-corrected chi connectivity index (χ1v) is 3.24. The monoisotopic (exact) mass is 168 g/mol. The zero-order valence-corrected chi connectivity index (χ0v) is 6.09. The van der Waals surface area contributed by atoms with Crippen LogP contribution in [0.5, 0.6) is 0 Å². The van der Waals surface area contributed by atoms with Crippen molar-refractivity contribution in [1.29, 1.82) is 0 Å². The molecule has 1 aromatic rings. The Morgan fingerprint density at radius 1 is 1.33 bits per heavy atom. The molecule has 0 radical (unpaired) electrons. The van der Waals surface area contributed by atoms with Crippen molar-refractivity contribution in [3.05, 3.63) is 35.4 Å². The van der Waals surface area contributed by atoms with Crippen molar-refractivity contribution < 1.29 is 13.9 Å². The molecule has 0 saturated carbocycles. The molecule has 0 heterocycles. The van der Waals surface area contributed by atoms with Crippen LogP contribution < -0.4 is 0 Å². The van der Waals surface area contributed by atoms with Crippen LogP contribution >= 0.6 is 0 Å². The predicted molar refractivity (Wildman–Crippen MR) is 40.2 cm³/mol. The van der Waals surface area contributed by atoms with E-state index in [2.05, 4.69) is 0 Å². The molecule has 0 bridgehead atoms. The summed E-state index contributed by atoms with van der Waals surface area (Å²) in [6.07, 6.45) is 3.70. The highest BCUT2D eigenvalue weighted by Crippen LogP contribution is 2.14. The minimum atomic E-state index is -1.18. The molecule has 0 aromatic heterocycles. The van der Waals surface area contributed by atoms with Gasteiger partial charge in [0.1, 0.15) is 6.10 Å². The van der Waals surface area contributed by atoms with Gasteiger partial charge in [-0.25, -0.2) is 8.78 Å². The fourth-order valence-corrected chi connectivity index (χ4v) is 0.779. The van der Waals surface area contributed by atoms with E-state index in [4.69, 9.17) is 11.5 Å². The Labute approximate surface area is 68.7 Å². The van der Waals surface area contributed by atoms with E-state index in [-0.39, 0.29) is 5.56 Å². The number of rotatable bonds is 1. The molecule has 0 unspecified atom stereocenters. The Hall–Kier alpha value is -1.40. The van der Waals surface area contributed by atoms with E-state index >= 15 is 0 Å². The minimum absolute atomic E-state index is 0.177. The molecule has 0 aliphatic heterocycles. The summed E-state index contributed by atoms with van der Waals surface area (Å²) in [6, 6.07) is 3.04. The van der Waals surface area contributed by atoms with Gasteiger partial charge >= 0.3 is 0 Å². The van der Waals surface area contributed by atoms with Gasteiger partial charge in [-0.1, -0.05) is 12.0 Å². The topological polar surface area (TPSA) is 20.2 Å². The van der Waals surface area contributed by atoms with E-state index in [1.165, 1.54) is 6.07 Å². The van der Waals surface area contributed by atoms with Gasteiger partial charge in [-0.05, 0) is 17.7 Å². The zero-order chi connectivity index (χ0) is 9.14. The third-order valence-electron chi connectivity index (χ3n) is 1.42. The molecule has 1 rings (SSSR count). The molecular formula is C9H6F2O. The van der Waals surface area contributed by atoms with Gasteiger partial charge in [0.25, 0.3) is 0 Å². The van der Waals surface area contributed by atoms with Gasteiger partial charge in [0, 0.05) is 0 Å². The van der Waals surface area contributed by atoms with E-state index in [1.807, 2.05) is 5.92 Å².